The Morgan fingerprint density at radius 3 is 0.606 bits per heavy atom. The molecule has 12 aromatic carbocycles. The average molecular weight is 1440 g/mol. The van der Waals surface area contributed by atoms with E-state index in [1.807, 2.05) is 0 Å². The number of hydrogen-bond acceptors (Lipinski definition) is 0. The van der Waals surface area contributed by atoms with Crippen molar-refractivity contribution in [2.45, 2.75) is 53.4 Å². The van der Waals surface area contributed by atoms with Gasteiger partial charge >= 0.3 is 200 Å². The first kappa shape index (κ1) is 70.7. The third-order valence-electron chi connectivity index (χ3n) is 16.6. The van der Waals surface area contributed by atoms with Gasteiger partial charge in [0.05, 0.1) is 0 Å². The SMILES string of the molecule is CC1=[C-]CC(c2cccc3ccccc23)=C1.CC1=[C-]CC(c2cccc3ccccc23)=C1.CC1=[C-]CC(c2cccc3ccccc23)=C1.CC1=[C-]CC(c2cccc3ccccc23)=C1.[Cl-].[Cl-].[Zr+2]=[Si](c1ccccc1)c1ccccc1.[Zr+2]=[Si](c1ccccc1)c1ccccc1. The van der Waals surface area contributed by atoms with Crippen molar-refractivity contribution in [3.05, 3.63) is 384 Å². The summed E-state index contributed by atoms with van der Waals surface area (Å²) in [7, 11) is 0. The van der Waals surface area contributed by atoms with Crippen LogP contribution in [0.5, 0.6) is 0 Å². The molecule has 0 saturated carbocycles. The molecule has 0 nitrogen and oxygen atoms in total. The molecule has 4 aliphatic carbocycles. The van der Waals surface area contributed by atoms with Crippen molar-refractivity contribution >= 4 is 97.0 Å². The van der Waals surface area contributed by atoms with E-state index in [9.17, 15) is 0 Å². The minimum absolute atomic E-state index is 0. The quantitative estimate of drug-likeness (QED) is 0.105. The van der Waals surface area contributed by atoms with Gasteiger partial charge < -0.3 is 24.8 Å². The van der Waals surface area contributed by atoms with Crippen molar-refractivity contribution in [1.82, 2.24) is 0 Å². The molecule has 0 bridgehead atoms. The predicted molar refractivity (Wildman–Crippen MR) is 392 cm³/mol. The third-order valence-corrected chi connectivity index (χ3v) is 28.7. The Balaban J connectivity index is 0.000000132. The number of fused-ring (bicyclic) bond motifs is 4. The van der Waals surface area contributed by atoms with Gasteiger partial charge in [-0.05, 0) is 65.3 Å². The number of allylic oxidation sites excluding steroid dienone is 16. The van der Waals surface area contributed by atoms with E-state index in [0.29, 0.717) is 0 Å². The molecule has 4 aliphatic rings. The van der Waals surface area contributed by atoms with Gasteiger partial charge in [0.2, 0.25) is 0 Å². The van der Waals surface area contributed by atoms with Crippen LogP contribution >= 0.6 is 0 Å². The second-order valence-electron chi connectivity index (χ2n) is 23.1. The normalized spacial score (nSPS) is 13.2. The summed E-state index contributed by atoms with van der Waals surface area (Å²) >= 11 is 3.29. The van der Waals surface area contributed by atoms with Crippen LogP contribution in [0.4, 0.5) is 0 Å². The van der Waals surface area contributed by atoms with E-state index < -0.39 is 10.9 Å². The summed E-state index contributed by atoms with van der Waals surface area (Å²) < 4.78 is 0. The summed E-state index contributed by atoms with van der Waals surface area (Å²) in [6, 6.07) is 104. The van der Waals surface area contributed by atoms with Crippen molar-refractivity contribution < 1.29 is 71.5 Å². The molecular weight excluding hydrogens is 1370 g/mol. The molecule has 94 heavy (non-hydrogen) atoms. The van der Waals surface area contributed by atoms with E-state index in [2.05, 4.69) is 367 Å². The average Bonchev–Trinajstić information content (AvgIpc) is 1.51. The zero-order valence-electron chi connectivity index (χ0n) is 53.6. The van der Waals surface area contributed by atoms with Crippen LogP contribution in [0.2, 0.25) is 0 Å². The second-order valence-corrected chi connectivity index (χ2v) is 34.3. The molecule has 6 heteroatoms. The first-order chi connectivity index (χ1) is 45.1. The van der Waals surface area contributed by atoms with Gasteiger partial charge in [0.25, 0.3) is 0 Å². The van der Waals surface area contributed by atoms with Gasteiger partial charge in [0.15, 0.2) is 0 Å². The summed E-state index contributed by atoms with van der Waals surface area (Å²) in [6.07, 6.45) is 26.2. The van der Waals surface area contributed by atoms with E-state index in [1.54, 1.807) is 46.7 Å². The Bertz CT molecular complexity index is 4230. The van der Waals surface area contributed by atoms with Crippen LogP contribution < -0.4 is 45.6 Å². The van der Waals surface area contributed by atoms with Gasteiger partial charge in [-0.3, -0.25) is 24.3 Å². The monoisotopic (exact) mass is 1430 g/mol. The molecule has 0 N–H and O–H groups in total. The van der Waals surface area contributed by atoms with Crippen LogP contribution in [0.3, 0.4) is 0 Å². The fourth-order valence-electron chi connectivity index (χ4n) is 11.9. The van der Waals surface area contributed by atoms with Gasteiger partial charge in [-0.15, -0.1) is 48.0 Å². The molecule has 0 spiro atoms. The fraction of sp³-hybridized carbons (Fsp3) is 0.0909. The summed E-state index contributed by atoms with van der Waals surface area (Å²) in [4.78, 5) is 0. The van der Waals surface area contributed by atoms with E-state index in [-0.39, 0.29) is 24.8 Å². The summed E-state index contributed by atoms with van der Waals surface area (Å²) in [5.74, 6) is 0. The van der Waals surface area contributed by atoms with E-state index in [1.165, 1.54) is 131 Å². The van der Waals surface area contributed by atoms with E-state index >= 15 is 0 Å². The van der Waals surface area contributed by atoms with Crippen LogP contribution in [-0.2, 0) is 46.7 Å². The predicted octanol–water partition coefficient (Wildman–Crippen LogP) is 14.2. The molecule has 456 valence electrons. The summed E-state index contributed by atoms with van der Waals surface area (Å²) in [6.45, 7) is 8.44. The molecule has 0 heterocycles. The zero-order chi connectivity index (χ0) is 63.4. The minimum atomic E-state index is -0.455. The fourth-order valence-corrected chi connectivity index (χ4v) is 19.5. The van der Waals surface area contributed by atoms with Crippen molar-refractivity contribution in [1.29, 1.82) is 0 Å². The molecule has 16 rings (SSSR count). The van der Waals surface area contributed by atoms with Crippen LogP contribution in [0.1, 0.15) is 75.6 Å². The first-order valence-electron chi connectivity index (χ1n) is 31.6. The molecule has 12 aromatic rings. The van der Waals surface area contributed by atoms with Crippen molar-refractivity contribution in [3.8, 4) is 0 Å². The molecule has 0 aromatic heterocycles. The van der Waals surface area contributed by atoms with Gasteiger partial charge in [-0.25, -0.2) is 46.6 Å². The molecule has 0 atom stereocenters. The van der Waals surface area contributed by atoms with Crippen LogP contribution in [0, 0.1) is 24.3 Å². The summed E-state index contributed by atoms with van der Waals surface area (Å²) in [5, 5.41) is 16.7. The van der Waals surface area contributed by atoms with Gasteiger partial charge in [-0.1, -0.05) is 198 Å². The van der Waals surface area contributed by atoms with Gasteiger partial charge in [0, 0.05) is 0 Å². The standard InChI is InChI=1S/4C16H13.2C12H10Si.2ClH.2Zr/c4*1-12-9-10-14(11-12)16-8-4-6-13-5-2-3-7-15(13)16;2*1-3-7-11(8-4-1)13-12-9-5-2-6-10-12;;;;/h4*2-8,11H,10H2,1H3;2*1-10H;2*1H;;/q4*-1;;;;;2*+2/p-2. The topological polar surface area (TPSA) is 0 Å². The Morgan fingerprint density at radius 2 is 0.415 bits per heavy atom. The zero-order valence-corrected chi connectivity index (χ0v) is 62.0. The maximum absolute atomic E-state index is 3.36. The van der Waals surface area contributed by atoms with Crippen LogP contribution in [0.15, 0.2) is 338 Å². The van der Waals surface area contributed by atoms with E-state index in [0.717, 1.165) is 25.7 Å². The molecule has 0 radical (unpaired) electrons. The molecule has 0 aliphatic heterocycles. The number of hydrogen-bond donors (Lipinski definition) is 0. The molecule has 0 fully saturated rings. The number of rotatable bonds is 8. The number of halogens is 2. The maximum atomic E-state index is 3.36. The second kappa shape index (κ2) is 35.8. The Morgan fingerprint density at radius 1 is 0.234 bits per heavy atom. The third kappa shape index (κ3) is 18.9. The Kier molecular flexibility index (Phi) is 26.9. The summed E-state index contributed by atoms with van der Waals surface area (Å²) in [5.41, 5.74) is 15.0. The van der Waals surface area contributed by atoms with Crippen molar-refractivity contribution in [3.63, 3.8) is 0 Å². The van der Waals surface area contributed by atoms with Crippen LogP contribution in [0.25, 0.3) is 65.4 Å². The van der Waals surface area contributed by atoms with Crippen molar-refractivity contribution in [2.24, 2.45) is 0 Å². The van der Waals surface area contributed by atoms with Crippen LogP contribution in [-0.4, -0.2) is 10.9 Å². The first-order valence-corrected chi connectivity index (χ1v) is 41.9. The molecular formula is C88H72Cl2Si2Zr2-2. The van der Waals surface area contributed by atoms with Crippen molar-refractivity contribution in [2.75, 3.05) is 0 Å². The molecule has 0 unspecified atom stereocenters. The number of benzene rings is 12. The Labute approximate surface area is 600 Å². The van der Waals surface area contributed by atoms with Gasteiger partial charge in [0.1, 0.15) is 0 Å². The van der Waals surface area contributed by atoms with E-state index in [4.69, 9.17) is 0 Å². The Hall–Kier alpha value is -7.62. The molecule has 0 saturated heterocycles. The van der Waals surface area contributed by atoms with Gasteiger partial charge in [-0.2, -0.15) is 0 Å². The molecule has 0 amide bonds.